The topological polar surface area (TPSA) is 42.4 Å². The number of amides is 1. The van der Waals surface area contributed by atoms with Gasteiger partial charge in [0.05, 0.1) is 22.8 Å². The number of thioether (sulfide) groups is 1. The van der Waals surface area contributed by atoms with Crippen LogP contribution in [-0.2, 0) is 0 Å². The van der Waals surface area contributed by atoms with Gasteiger partial charge in [-0.2, -0.15) is 0 Å². The van der Waals surface area contributed by atoms with Crippen LogP contribution in [-0.4, -0.2) is 35.2 Å². The molecule has 114 valence electrons. The van der Waals surface area contributed by atoms with E-state index in [2.05, 4.69) is 4.98 Å². The van der Waals surface area contributed by atoms with Gasteiger partial charge in [-0.3, -0.25) is 4.79 Å². The van der Waals surface area contributed by atoms with Gasteiger partial charge in [-0.1, -0.05) is 6.07 Å². The van der Waals surface area contributed by atoms with E-state index in [1.54, 1.807) is 36.3 Å². The number of carbonyl (C=O) groups is 1. The molecule has 1 aromatic carbocycles. The summed E-state index contributed by atoms with van der Waals surface area (Å²) in [6, 6.07) is 7.27. The number of thiazole rings is 1. The summed E-state index contributed by atoms with van der Waals surface area (Å²) in [5.74, 6) is 1.60. The largest absolute Gasteiger partial charge is 0.497 e. The van der Waals surface area contributed by atoms with Crippen LogP contribution in [0.5, 0.6) is 5.75 Å². The van der Waals surface area contributed by atoms with Crippen molar-refractivity contribution in [2.24, 2.45) is 0 Å². The van der Waals surface area contributed by atoms with E-state index in [-0.39, 0.29) is 5.91 Å². The van der Waals surface area contributed by atoms with Crippen LogP contribution < -0.4 is 4.74 Å². The normalized spacial score (nSPS) is 16.3. The minimum absolute atomic E-state index is 0.00195. The van der Waals surface area contributed by atoms with E-state index in [0.717, 1.165) is 28.0 Å². The molecule has 1 fully saturated rings. The Kier molecular flexibility index (Phi) is 4.49. The van der Waals surface area contributed by atoms with Crippen LogP contribution in [0.1, 0.15) is 21.1 Å². The Bertz CT molecular complexity index is 724. The zero-order valence-corrected chi connectivity index (χ0v) is 14.0. The Balaban J connectivity index is 1.86. The molecule has 1 aromatic heterocycles. The van der Waals surface area contributed by atoms with Crippen LogP contribution in [0.15, 0.2) is 34.7 Å². The fraction of sp³-hybridized carbons (Fsp3) is 0.250. The molecular weight excluding hydrogens is 316 g/mol. The van der Waals surface area contributed by atoms with Crippen molar-refractivity contribution in [3.63, 3.8) is 0 Å². The van der Waals surface area contributed by atoms with Crippen molar-refractivity contribution in [1.29, 1.82) is 0 Å². The molecule has 0 N–H and O–H groups in total. The summed E-state index contributed by atoms with van der Waals surface area (Å²) in [6.45, 7) is 2.70. The zero-order valence-electron chi connectivity index (χ0n) is 12.4. The fourth-order valence-corrected chi connectivity index (χ4v) is 3.82. The number of ether oxygens (including phenoxy) is 1. The smallest absolute Gasteiger partial charge is 0.258 e. The summed E-state index contributed by atoms with van der Waals surface area (Å²) in [5.41, 5.74) is 1.55. The molecule has 1 amide bonds. The third-order valence-electron chi connectivity index (χ3n) is 3.30. The third-order valence-corrected chi connectivity index (χ3v) is 5.11. The third kappa shape index (κ3) is 3.18. The first kappa shape index (κ1) is 15.1. The molecule has 0 unspecified atom stereocenters. The summed E-state index contributed by atoms with van der Waals surface area (Å²) in [6.07, 6.45) is 1.99. The summed E-state index contributed by atoms with van der Waals surface area (Å²) in [4.78, 5) is 19.0. The average Bonchev–Trinajstić information content (AvgIpc) is 3.16. The first-order chi connectivity index (χ1) is 10.7. The Hall–Kier alpha value is -1.79. The van der Waals surface area contributed by atoms with E-state index in [9.17, 15) is 4.79 Å². The highest BCUT2D eigenvalue weighted by molar-refractivity contribution is 8.03. The van der Waals surface area contributed by atoms with Crippen molar-refractivity contribution >= 4 is 35.1 Å². The van der Waals surface area contributed by atoms with Crippen LogP contribution in [0.2, 0.25) is 0 Å². The summed E-state index contributed by atoms with van der Waals surface area (Å²) >= 11 is 3.30. The summed E-state index contributed by atoms with van der Waals surface area (Å²) < 4.78 is 5.19. The monoisotopic (exact) mass is 332 g/mol. The quantitative estimate of drug-likeness (QED) is 0.860. The lowest BCUT2D eigenvalue weighted by Gasteiger charge is -2.17. The van der Waals surface area contributed by atoms with Crippen molar-refractivity contribution in [2.75, 3.05) is 19.4 Å². The molecule has 0 bridgehead atoms. The van der Waals surface area contributed by atoms with Crippen LogP contribution in [0, 0.1) is 6.92 Å². The molecule has 0 radical (unpaired) electrons. The van der Waals surface area contributed by atoms with Gasteiger partial charge < -0.3 is 9.64 Å². The Morgan fingerprint density at radius 1 is 1.45 bits per heavy atom. The van der Waals surface area contributed by atoms with E-state index in [1.165, 1.54) is 0 Å². The van der Waals surface area contributed by atoms with Gasteiger partial charge in [0.15, 0.2) is 0 Å². The predicted octanol–water partition coefficient (Wildman–Crippen LogP) is 3.65. The minimum atomic E-state index is 0.00195. The van der Waals surface area contributed by atoms with Gasteiger partial charge in [0, 0.05) is 23.2 Å². The Morgan fingerprint density at radius 3 is 3.05 bits per heavy atom. The zero-order chi connectivity index (χ0) is 15.5. The van der Waals surface area contributed by atoms with Gasteiger partial charge in [-0.15, -0.1) is 23.1 Å². The number of nitrogens with zero attached hydrogens (tertiary/aromatic N) is 2. The van der Waals surface area contributed by atoms with E-state index in [4.69, 9.17) is 4.74 Å². The number of hydrogen-bond acceptors (Lipinski definition) is 5. The Morgan fingerprint density at radius 2 is 2.32 bits per heavy atom. The van der Waals surface area contributed by atoms with Crippen molar-refractivity contribution in [2.45, 2.75) is 6.92 Å². The van der Waals surface area contributed by atoms with Crippen molar-refractivity contribution in [3.05, 3.63) is 50.9 Å². The van der Waals surface area contributed by atoms with Gasteiger partial charge in [-0.05, 0) is 31.2 Å². The van der Waals surface area contributed by atoms with Gasteiger partial charge in [0.25, 0.3) is 5.91 Å². The molecule has 3 rings (SSSR count). The van der Waals surface area contributed by atoms with Crippen LogP contribution in [0.3, 0.4) is 0 Å². The van der Waals surface area contributed by atoms with Crippen LogP contribution in [0.4, 0.5) is 0 Å². The van der Waals surface area contributed by atoms with Gasteiger partial charge in [-0.25, -0.2) is 4.98 Å². The molecule has 0 atom stereocenters. The predicted molar refractivity (Wildman–Crippen MR) is 91.3 cm³/mol. The van der Waals surface area contributed by atoms with E-state index < -0.39 is 0 Å². The maximum atomic E-state index is 12.7. The molecule has 4 nitrogen and oxygen atoms in total. The number of benzene rings is 1. The van der Waals surface area contributed by atoms with Crippen LogP contribution in [0.25, 0.3) is 6.08 Å². The molecule has 0 spiro atoms. The minimum Gasteiger partial charge on any atom is -0.497 e. The number of aromatic nitrogens is 1. The fourth-order valence-electron chi connectivity index (χ4n) is 2.24. The summed E-state index contributed by atoms with van der Waals surface area (Å²) in [5, 5.41) is 3.99. The molecule has 2 aromatic rings. The van der Waals surface area contributed by atoms with Gasteiger partial charge in [0.1, 0.15) is 5.75 Å². The molecule has 1 saturated heterocycles. The van der Waals surface area contributed by atoms with Gasteiger partial charge in [0.2, 0.25) is 0 Å². The first-order valence-corrected chi connectivity index (χ1v) is 8.76. The lowest BCUT2D eigenvalue weighted by Crippen LogP contribution is -2.26. The van der Waals surface area contributed by atoms with Gasteiger partial charge >= 0.3 is 0 Å². The molecule has 0 saturated carbocycles. The van der Waals surface area contributed by atoms with Crippen molar-refractivity contribution in [1.82, 2.24) is 9.88 Å². The number of hydrogen-bond donors (Lipinski definition) is 0. The molecular formula is C16H16N2O2S2. The Labute approximate surface area is 137 Å². The van der Waals surface area contributed by atoms with Crippen LogP contribution >= 0.6 is 23.1 Å². The number of carbonyl (C=O) groups excluding carboxylic acids is 1. The number of rotatable bonds is 3. The van der Waals surface area contributed by atoms with Crippen molar-refractivity contribution < 1.29 is 9.53 Å². The second-order valence-electron chi connectivity index (χ2n) is 4.81. The molecule has 22 heavy (non-hydrogen) atoms. The van der Waals surface area contributed by atoms with E-state index in [0.29, 0.717) is 11.3 Å². The highest BCUT2D eigenvalue weighted by atomic mass is 32.2. The molecule has 2 heterocycles. The summed E-state index contributed by atoms with van der Waals surface area (Å²) in [7, 11) is 1.60. The molecule has 1 aliphatic rings. The molecule has 6 heteroatoms. The second-order valence-corrected chi connectivity index (χ2v) is 6.99. The number of aryl methyl sites for hydroxylation is 1. The first-order valence-electron chi connectivity index (χ1n) is 6.90. The maximum Gasteiger partial charge on any atom is 0.258 e. The van der Waals surface area contributed by atoms with Crippen molar-refractivity contribution in [3.8, 4) is 5.75 Å². The maximum absolute atomic E-state index is 12.7. The van der Waals surface area contributed by atoms with E-state index >= 15 is 0 Å². The highest BCUT2D eigenvalue weighted by Crippen LogP contribution is 2.31. The second kappa shape index (κ2) is 6.54. The highest BCUT2D eigenvalue weighted by Gasteiger charge is 2.25. The lowest BCUT2D eigenvalue weighted by atomic mass is 10.2. The lowest BCUT2D eigenvalue weighted by molar-refractivity contribution is 0.0830. The van der Waals surface area contributed by atoms with E-state index in [1.807, 2.05) is 41.5 Å². The average molecular weight is 332 g/mol. The number of methoxy groups -OCH3 is 1. The molecule has 1 aliphatic heterocycles. The molecule has 0 aliphatic carbocycles. The standard InChI is InChI=1S/C16H16N2O2S2/c1-11-17-13(10-22-11)9-15-18(6-7-21-15)16(19)12-4-3-5-14(8-12)20-2/h3-5,8-10H,6-7H2,1-2H3/b15-9+. The SMILES string of the molecule is COc1cccc(C(=O)N2CCS/C2=C/c2csc(C)n2)c1.